The van der Waals surface area contributed by atoms with Gasteiger partial charge in [-0.1, -0.05) is 0 Å². The molecule has 0 spiro atoms. The van der Waals surface area contributed by atoms with Gasteiger partial charge in [0.15, 0.2) is 0 Å². The number of hydrogen-bond acceptors (Lipinski definition) is 8. The molecule has 8 nitrogen and oxygen atoms in total. The van der Waals surface area contributed by atoms with Crippen molar-refractivity contribution in [3.05, 3.63) is 0 Å². The standard InChI is InChI=1S/2C3H6O3.H2O2/c2*1-5-3(4)6-2;1-2/h2*1-2H3;1-2H. The van der Waals surface area contributed by atoms with Crippen molar-refractivity contribution in [2.45, 2.75) is 0 Å². The van der Waals surface area contributed by atoms with Gasteiger partial charge in [-0.3, -0.25) is 10.5 Å². The average Bonchev–Trinajstić information content (AvgIpc) is 2.30. The lowest BCUT2D eigenvalue weighted by molar-refractivity contribution is -0.176. The lowest BCUT2D eigenvalue weighted by Crippen LogP contribution is -1.97. The van der Waals surface area contributed by atoms with Crippen molar-refractivity contribution in [3.8, 4) is 0 Å². The Morgan fingerprint density at radius 3 is 0.857 bits per heavy atom. The molecular weight excluding hydrogens is 200 g/mol. The van der Waals surface area contributed by atoms with E-state index in [9.17, 15) is 9.59 Å². The molecule has 0 atom stereocenters. The Hall–Kier alpha value is -1.54. The third kappa shape index (κ3) is 22.4. The fourth-order valence-electron chi connectivity index (χ4n) is 0.167. The molecule has 2 N–H and O–H groups in total. The normalized spacial score (nSPS) is 6.43. The molecular formula is C6H14O8. The van der Waals surface area contributed by atoms with Gasteiger partial charge in [0.05, 0.1) is 28.4 Å². The molecule has 0 aromatic rings. The smallest absolute Gasteiger partial charge is 0.438 e. The van der Waals surface area contributed by atoms with E-state index in [2.05, 4.69) is 18.9 Å². The molecule has 0 fully saturated rings. The zero-order valence-corrected chi connectivity index (χ0v) is 8.34. The topological polar surface area (TPSA) is 112 Å². The van der Waals surface area contributed by atoms with E-state index in [1.165, 1.54) is 28.4 Å². The highest BCUT2D eigenvalue weighted by atomic mass is 17.0. The van der Waals surface area contributed by atoms with E-state index in [1.54, 1.807) is 0 Å². The van der Waals surface area contributed by atoms with Gasteiger partial charge in [-0.15, -0.1) is 0 Å². The average molecular weight is 214 g/mol. The molecule has 8 heteroatoms. The lowest BCUT2D eigenvalue weighted by Gasteiger charge is -1.89. The second-order valence-electron chi connectivity index (χ2n) is 1.32. The van der Waals surface area contributed by atoms with Gasteiger partial charge in [0, 0.05) is 0 Å². The van der Waals surface area contributed by atoms with E-state index in [4.69, 9.17) is 10.5 Å². The molecule has 0 saturated heterocycles. The summed E-state index contributed by atoms with van der Waals surface area (Å²) >= 11 is 0. The Labute approximate surface area is 80.9 Å². The van der Waals surface area contributed by atoms with Gasteiger partial charge in [0.1, 0.15) is 0 Å². The van der Waals surface area contributed by atoms with Gasteiger partial charge in [-0.2, -0.15) is 0 Å². The molecule has 0 aromatic heterocycles. The van der Waals surface area contributed by atoms with Crippen molar-refractivity contribution < 1.29 is 39.1 Å². The van der Waals surface area contributed by atoms with Gasteiger partial charge in [0.2, 0.25) is 0 Å². The molecule has 0 unspecified atom stereocenters. The minimum atomic E-state index is -0.657. The van der Waals surface area contributed by atoms with Crippen molar-refractivity contribution in [3.63, 3.8) is 0 Å². The van der Waals surface area contributed by atoms with Gasteiger partial charge < -0.3 is 18.9 Å². The van der Waals surface area contributed by atoms with Crippen molar-refractivity contribution in [2.24, 2.45) is 0 Å². The second kappa shape index (κ2) is 17.5. The zero-order chi connectivity index (χ0) is 12.0. The quantitative estimate of drug-likeness (QED) is 0.346. The van der Waals surface area contributed by atoms with Crippen molar-refractivity contribution >= 4 is 12.3 Å². The number of rotatable bonds is 0. The summed E-state index contributed by atoms with van der Waals surface area (Å²) in [5, 5.41) is 12.0. The van der Waals surface area contributed by atoms with Crippen molar-refractivity contribution in [1.29, 1.82) is 0 Å². The Balaban J connectivity index is -0.000000147. The summed E-state index contributed by atoms with van der Waals surface area (Å²) in [5.74, 6) is 0. The first kappa shape index (κ1) is 18.3. The first-order valence-corrected chi connectivity index (χ1v) is 3.06. The summed E-state index contributed by atoms with van der Waals surface area (Å²) in [7, 11) is 5.02. The number of methoxy groups -OCH3 is 4. The van der Waals surface area contributed by atoms with Crippen molar-refractivity contribution in [2.75, 3.05) is 28.4 Å². The van der Waals surface area contributed by atoms with Gasteiger partial charge >= 0.3 is 12.3 Å². The maximum Gasteiger partial charge on any atom is 0.507 e. The maximum atomic E-state index is 9.74. The van der Waals surface area contributed by atoms with E-state index < -0.39 is 12.3 Å². The van der Waals surface area contributed by atoms with E-state index in [-0.39, 0.29) is 0 Å². The van der Waals surface area contributed by atoms with Crippen LogP contribution in [0, 0.1) is 0 Å². The van der Waals surface area contributed by atoms with Crippen LogP contribution in [0.4, 0.5) is 9.59 Å². The molecule has 0 amide bonds. The molecule has 14 heavy (non-hydrogen) atoms. The molecule has 0 aliphatic carbocycles. The number of hydrogen-bond donors (Lipinski definition) is 2. The lowest BCUT2D eigenvalue weighted by atomic mass is 11.3. The van der Waals surface area contributed by atoms with Gasteiger partial charge in [-0.05, 0) is 0 Å². The predicted octanol–water partition coefficient (Wildman–Crippen LogP) is 0.816. The van der Waals surface area contributed by atoms with E-state index >= 15 is 0 Å². The van der Waals surface area contributed by atoms with Crippen LogP contribution in [0.5, 0.6) is 0 Å². The van der Waals surface area contributed by atoms with Crippen LogP contribution in [0.25, 0.3) is 0 Å². The third-order valence-electron chi connectivity index (χ3n) is 0.667. The molecule has 86 valence electrons. The van der Waals surface area contributed by atoms with Crippen LogP contribution in [-0.4, -0.2) is 51.3 Å². The summed E-state index contributed by atoms with van der Waals surface area (Å²) in [6, 6.07) is 0. The Morgan fingerprint density at radius 1 is 0.714 bits per heavy atom. The molecule has 0 rings (SSSR count). The first-order chi connectivity index (χ1) is 6.62. The molecule has 0 heterocycles. The summed E-state index contributed by atoms with van der Waals surface area (Å²) in [4.78, 5) is 19.5. The van der Waals surface area contributed by atoms with Crippen LogP contribution in [0.2, 0.25) is 0 Å². The summed E-state index contributed by atoms with van der Waals surface area (Å²) in [5.41, 5.74) is 0. The third-order valence-corrected chi connectivity index (χ3v) is 0.667. The van der Waals surface area contributed by atoms with Crippen molar-refractivity contribution in [1.82, 2.24) is 0 Å². The predicted molar refractivity (Wildman–Crippen MR) is 44.1 cm³/mol. The summed E-state index contributed by atoms with van der Waals surface area (Å²) < 4.78 is 16.2. The molecule has 0 aromatic carbocycles. The van der Waals surface area contributed by atoms with Crippen LogP contribution >= 0.6 is 0 Å². The minimum absolute atomic E-state index is 0.657. The van der Waals surface area contributed by atoms with E-state index in [0.717, 1.165) is 0 Å². The molecule has 0 saturated carbocycles. The molecule has 0 radical (unpaired) electrons. The largest absolute Gasteiger partial charge is 0.507 e. The number of carbonyl (C=O) groups is 2. The highest BCUT2D eigenvalue weighted by Gasteiger charge is 1.89. The Bertz CT molecular complexity index is 106. The molecule has 0 aliphatic heterocycles. The highest BCUT2D eigenvalue weighted by Crippen LogP contribution is 1.72. The monoisotopic (exact) mass is 214 g/mol. The fourth-order valence-corrected chi connectivity index (χ4v) is 0.167. The van der Waals surface area contributed by atoms with Crippen LogP contribution < -0.4 is 0 Å². The first-order valence-electron chi connectivity index (χ1n) is 3.06. The molecule has 0 aliphatic rings. The Morgan fingerprint density at radius 2 is 0.857 bits per heavy atom. The summed E-state index contributed by atoms with van der Waals surface area (Å²) in [6.45, 7) is 0. The number of ether oxygens (including phenoxy) is 4. The number of carbonyl (C=O) groups excluding carboxylic acids is 2. The van der Waals surface area contributed by atoms with E-state index in [1.807, 2.05) is 0 Å². The van der Waals surface area contributed by atoms with Crippen LogP contribution in [0.1, 0.15) is 0 Å². The second-order valence-corrected chi connectivity index (χ2v) is 1.32. The maximum absolute atomic E-state index is 9.74. The SMILES string of the molecule is COC(=O)OC.COC(=O)OC.OO. The van der Waals surface area contributed by atoms with Crippen LogP contribution in [0.15, 0.2) is 0 Å². The van der Waals surface area contributed by atoms with Gasteiger partial charge in [-0.25, -0.2) is 9.59 Å². The highest BCUT2D eigenvalue weighted by molar-refractivity contribution is 5.59. The zero-order valence-electron chi connectivity index (χ0n) is 8.34. The summed E-state index contributed by atoms with van der Waals surface area (Å²) in [6.07, 6.45) is -1.31. The molecule has 0 bridgehead atoms. The Kier molecular flexibility index (Phi) is 22.9. The minimum Gasteiger partial charge on any atom is -0.438 e. The van der Waals surface area contributed by atoms with Gasteiger partial charge in [0.25, 0.3) is 0 Å². The fraction of sp³-hybridized carbons (Fsp3) is 0.667. The van der Waals surface area contributed by atoms with Crippen LogP contribution in [-0.2, 0) is 18.9 Å². The van der Waals surface area contributed by atoms with Crippen LogP contribution in [0.3, 0.4) is 0 Å². The van der Waals surface area contributed by atoms with E-state index in [0.29, 0.717) is 0 Å².